The Bertz CT molecular complexity index is 765. The van der Waals surface area contributed by atoms with Crippen LogP contribution in [0.4, 0.5) is 5.00 Å². The first-order valence-corrected chi connectivity index (χ1v) is 12.1. The molecule has 5 aliphatic carbocycles. The zero-order valence-corrected chi connectivity index (χ0v) is 18.3. The van der Waals surface area contributed by atoms with Crippen LogP contribution in [0.15, 0.2) is 0 Å². The summed E-state index contributed by atoms with van der Waals surface area (Å²) >= 11 is 7.33. The van der Waals surface area contributed by atoms with Crippen LogP contribution in [0.1, 0.15) is 72.2 Å². The monoisotopic (exact) mass is 418 g/mol. The largest absolute Gasteiger partial charge is 0.465 e. The first-order chi connectivity index (χ1) is 13.5. The first-order valence-electron chi connectivity index (χ1n) is 10.8. The molecule has 5 aliphatic rings. The van der Waals surface area contributed by atoms with E-state index in [9.17, 15) is 4.79 Å². The standard InChI is InChI=1S/C22H30N2O2S2/c1-26-20(25)18-16-4-2-3-5-17(16)28-19(18)24-21(27)23-12-22-9-13-6-14(10-22)8-15(7-13)11-22/h13-15H,2-12H2,1H3,(H2,23,24,27). The predicted molar refractivity (Wildman–Crippen MR) is 117 cm³/mol. The molecule has 0 spiro atoms. The maximum absolute atomic E-state index is 12.4. The third kappa shape index (κ3) is 3.36. The highest BCUT2D eigenvalue weighted by Gasteiger charge is 2.50. The van der Waals surface area contributed by atoms with Gasteiger partial charge in [0.15, 0.2) is 5.11 Å². The molecule has 0 saturated heterocycles. The average molecular weight is 419 g/mol. The van der Waals surface area contributed by atoms with Crippen LogP contribution in [0.5, 0.6) is 0 Å². The fourth-order valence-corrected chi connectivity index (χ4v) is 8.41. The van der Waals surface area contributed by atoms with Gasteiger partial charge in [0.2, 0.25) is 0 Å². The summed E-state index contributed by atoms with van der Waals surface area (Å²) in [6.07, 6.45) is 12.9. The second-order valence-electron chi connectivity index (χ2n) is 9.63. The van der Waals surface area contributed by atoms with Crippen LogP contribution >= 0.6 is 23.6 Å². The number of thiophene rings is 1. The van der Waals surface area contributed by atoms with E-state index in [1.54, 1.807) is 11.3 Å². The van der Waals surface area contributed by atoms with E-state index in [4.69, 9.17) is 17.0 Å². The number of aryl methyl sites for hydroxylation is 1. The zero-order chi connectivity index (χ0) is 19.3. The van der Waals surface area contributed by atoms with Crippen molar-refractivity contribution in [2.75, 3.05) is 19.0 Å². The number of esters is 1. The fraction of sp³-hybridized carbons (Fsp3) is 0.727. The van der Waals surface area contributed by atoms with Gasteiger partial charge < -0.3 is 15.4 Å². The molecule has 6 rings (SSSR count). The molecule has 4 fully saturated rings. The highest BCUT2D eigenvalue weighted by atomic mass is 32.1. The van der Waals surface area contributed by atoms with Crippen LogP contribution in [0.25, 0.3) is 0 Å². The van der Waals surface area contributed by atoms with Gasteiger partial charge in [-0.05, 0) is 105 Å². The highest BCUT2D eigenvalue weighted by Crippen LogP contribution is 2.59. The number of thiocarbonyl (C=S) groups is 1. The van der Waals surface area contributed by atoms with E-state index in [1.807, 2.05) is 0 Å². The smallest absolute Gasteiger partial charge is 0.341 e. The van der Waals surface area contributed by atoms with Gasteiger partial charge in [0, 0.05) is 11.4 Å². The van der Waals surface area contributed by atoms with E-state index in [2.05, 4.69) is 10.6 Å². The van der Waals surface area contributed by atoms with Crippen LogP contribution < -0.4 is 10.6 Å². The van der Waals surface area contributed by atoms with Crippen molar-refractivity contribution in [1.29, 1.82) is 0 Å². The van der Waals surface area contributed by atoms with Crippen molar-refractivity contribution < 1.29 is 9.53 Å². The molecule has 152 valence electrons. The molecule has 4 bridgehead atoms. The van der Waals surface area contributed by atoms with E-state index < -0.39 is 0 Å². The Morgan fingerprint density at radius 1 is 1.14 bits per heavy atom. The van der Waals surface area contributed by atoms with Crippen LogP contribution in [0.2, 0.25) is 0 Å². The molecule has 0 unspecified atom stereocenters. The van der Waals surface area contributed by atoms with Crippen LogP contribution in [-0.4, -0.2) is 24.7 Å². The van der Waals surface area contributed by atoms with Crippen LogP contribution in [0.3, 0.4) is 0 Å². The summed E-state index contributed by atoms with van der Waals surface area (Å²) in [6, 6.07) is 0. The number of ether oxygens (including phenoxy) is 1. The Morgan fingerprint density at radius 2 is 1.79 bits per heavy atom. The Kier molecular flexibility index (Phi) is 4.90. The molecule has 0 aromatic carbocycles. The molecule has 1 heterocycles. The normalized spacial score (nSPS) is 32.7. The minimum atomic E-state index is -0.245. The number of hydrogen-bond acceptors (Lipinski definition) is 4. The number of methoxy groups -OCH3 is 1. The van der Waals surface area contributed by atoms with E-state index in [1.165, 1.54) is 62.5 Å². The van der Waals surface area contributed by atoms with E-state index in [0.717, 1.165) is 48.6 Å². The summed E-state index contributed by atoms with van der Waals surface area (Å²) in [4.78, 5) is 13.7. The summed E-state index contributed by atoms with van der Waals surface area (Å²) < 4.78 is 5.07. The van der Waals surface area contributed by atoms with Crippen molar-refractivity contribution in [2.45, 2.75) is 64.2 Å². The van der Waals surface area contributed by atoms with E-state index >= 15 is 0 Å². The van der Waals surface area contributed by atoms with Crippen LogP contribution in [-0.2, 0) is 17.6 Å². The van der Waals surface area contributed by atoms with Gasteiger partial charge in [0.1, 0.15) is 5.00 Å². The van der Waals surface area contributed by atoms with Gasteiger partial charge >= 0.3 is 5.97 Å². The molecule has 0 amide bonds. The summed E-state index contributed by atoms with van der Waals surface area (Å²) in [6.45, 7) is 0.973. The summed E-state index contributed by atoms with van der Waals surface area (Å²) in [5, 5.41) is 8.40. The molecule has 0 aliphatic heterocycles. The number of hydrogen-bond donors (Lipinski definition) is 2. The van der Waals surface area contributed by atoms with Gasteiger partial charge in [-0.3, -0.25) is 0 Å². The van der Waals surface area contributed by atoms with Crippen LogP contribution in [0, 0.1) is 23.2 Å². The molecule has 2 N–H and O–H groups in total. The lowest BCUT2D eigenvalue weighted by Gasteiger charge is -2.57. The maximum Gasteiger partial charge on any atom is 0.341 e. The van der Waals surface area contributed by atoms with Gasteiger partial charge in [-0.1, -0.05) is 0 Å². The Morgan fingerprint density at radius 3 is 2.43 bits per heavy atom. The van der Waals surface area contributed by atoms with Crippen molar-refractivity contribution in [2.24, 2.45) is 23.2 Å². The molecule has 1 aromatic heterocycles. The lowest BCUT2D eigenvalue weighted by atomic mass is 9.49. The lowest BCUT2D eigenvalue weighted by Crippen LogP contribution is -2.51. The van der Waals surface area contributed by atoms with Gasteiger partial charge in [-0.15, -0.1) is 11.3 Å². The summed E-state index contributed by atoms with van der Waals surface area (Å²) in [5.41, 5.74) is 2.33. The molecule has 0 radical (unpaired) electrons. The van der Waals surface area contributed by atoms with Gasteiger partial charge in [-0.2, -0.15) is 0 Å². The number of rotatable bonds is 4. The number of carbonyl (C=O) groups excluding carboxylic acids is 1. The van der Waals surface area contributed by atoms with Crippen molar-refractivity contribution in [3.8, 4) is 0 Å². The molecule has 4 saturated carbocycles. The molecule has 4 nitrogen and oxygen atoms in total. The first kappa shape index (κ1) is 18.9. The Balaban J connectivity index is 1.27. The van der Waals surface area contributed by atoms with Gasteiger partial charge in [-0.25, -0.2) is 4.79 Å². The molecular formula is C22H30N2O2S2. The van der Waals surface area contributed by atoms with Crippen molar-refractivity contribution in [3.63, 3.8) is 0 Å². The molecule has 1 aromatic rings. The number of anilines is 1. The quantitative estimate of drug-likeness (QED) is 0.537. The topological polar surface area (TPSA) is 50.4 Å². The van der Waals surface area contributed by atoms with Crippen molar-refractivity contribution >= 4 is 39.6 Å². The van der Waals surface area contributed by atoms with Crippen molar-refractivity contribution in [3.05, 3.63) is 16.0 Å². The highest BCUT2D eigenvalue weighted by molar-refractivity contribution is 7.80. The summed E-state index contributed by atoms with van der Waals surface area (Å²) in [7, 11) is 1.46. The van der Waals surface area contributed by atoms with Gasteiger partial charge in [0.25, 0.3) is 0 Å². The van der Waals surface area contributed by atoms with Gasteiger partial charge in [0.05, 0.1) is 12.7 Å². The molecule has 6 heteroatoms. The molecule has 0 atom stereocenters. The molecular weight excluding hydrogens is 388 g/mol. The second-order valence-corrected chi connectivity index (χ2v) is 11.1. The maximum atomic E-state index is 12.4. The minimum absolute atomic E-state index is 0.245. The third-order valence-corrected chi connectivity index (χ3v) is 9.03. The SMILES string of the molecule is COC(=O)c1c(NC(=S)NCC23CC4CC(CC(C4)C2)C3)sc2c1CCCC2. The minimum Gasteiger partial charge on any atom is -0.465 e. The number of carbonyl (C=O) groups is 1. The van der Waals surface area contributed by atoms with Crippen molar-refractivity contribution in [1.82, 2.24) is 5.32 Å². The molecule has 28 heavy (non-hydrogen) atoms. The second kappa shape index (κ2) is 7.28. The Hall–Kier alpha value is -1.14. The van der Waals surface area contributed by atoms with E-state index in [0.29, 0.717) is 16.1 Å². The lowest BCUT2D eigenvalue weighted by molar-refractivity contribution is -0.0490. The number of nitrogens with one attached hydrogen (secondary N) is 2. The Labute approximate surface area is 176 Å². The van der Waals surface area contributed by atoms with E-state index in [-0.39, 0.29) is 5.97 Å². The zero-order valence-electron chi connectivity index (χ0n) is 16.6. The fourth-order valence-electron chi connectivity index (χ4n) is 6.89. The third-order valence-electron chi connectivity index (χ3n) is 7.58. The average Bonchev–Trinajstić information content (AvgIpc) is 3.02. The number of fused-ring (bicyclic) bond motifs is 1. The summed E-state index contributed by atoms with van der Waals surface area (Å²) in [5.74, 6) is 2.60. The predicted octanol–water partition coefficient (Wildman–Crippen LogP) is 4.92.